The zero-order valence-corrected chi connectivity index (χ0v) is 18.0. The third-order valence-corrected chi connectivity index (χ3v) is 6.77. The molecule has 24 heavy (non-hydrogen) atoms. The van der Waals surface area contributed by atoms with Crippen molar-refractivity contribution in [1.29, 1.82) is 0 Å². The van der Waals surface area contributed by atoms with E-state index in [4.69, 9.17) is 114 Å². The smallest absolute Gasteiger partial charge is 0.191 e. The molecule has 0 aliphatic carbocycles. The summed E-state index contributed by atoms with van der Waals surface area (Å²) in [5.74, 6) is -0.158. The first-order chi connectivity index (χ1) is 11.1. The molecule has 2 aromatic rings. The fraction of sp³-hybridized carbons (Fsp3) is 0.0769. The first kappa shape index (κ1) is 21.0. The van der Waals surface area contributed by atoms with Gasteiger partial charge in [0.2, 0.25) is 0 Å². The topological polar surface area (TPSA) is 18.5 Å². The van der Waals surface area contributed by atoms with E-state index in [1.54, 1.807) is 0 Å². The lowest BCUT2D eigenvalue weighted by molar-refractivity contribution is 0.379. The molecular formula is C13H3Cl9O2. The van der Waals surface area contributed by atoms with Crippen LogP contribution in [0.4, 0.5) is 0 Å². The van der Waals surface area contributed by atoms with Crippen LogP contribution in [0, 0.1) is 0 Å². The standard InChI is InChI=1S/C13H3Cl9O2/c1-23-12-9(21)5(17)6(18)10(22)13(12)24-11-7(19)3(15)2(14)4(16)8(11)20/h1H3. The zero-order valence-electron chi connectivity index (χ0n) is 11.2. The Morgan fingerprint density at radius 2 is 0.708 bits per heavy atom. The van der Waals surface area contributed by atoms with Gasteiger partial charge in [-0.25, -0.2) is 0 Å². The summed E-state index contributed by atoms with van der Waals surface area (Å²) in [7, 11) is 1.33. The van der Waals surface area contributed by atoms with Crippen molar-refractivity contribution in [2.75, 3.05) is 7.11 Å². The Labute approximate surface area is 182 Å². The Balaban J connectivity index is 2.75. The second kappa shape index (κ2) is 8.12. The first-order valence-electron chi connectivity index (χ1n) is 5.72. The van der Waals surface area contributed by atoms with Crippen LogP contribution in [0.5, 0.6) is 17.2 Å². The van der Waals surface area contributed by atoms with Gasteiger partial charge in [0.1, 0.15) is 20.1 Å². The summed E-state index contributed by atoms with van der Waals surface area (Å²) in [6.07, 6.45) is 0. The van der Waals surface area contributed by atoms with Crippen molar-refractivity contribution in [1.82, 2.24) is 0 Å². The van der Waals surface area contributed by atoms with Gasteiger partial charge in [0.05, 0.1) is 32.2 Å². The molecule has 0 aliphatic heterocycles. The van der Waals surface area contributed by atoms with E-state index in [1.807, 2.05) is 0 Å². The number of benzene rings is 2. The molecule has 0 amide bonds. The molecule has 0 aromatic heterocycles. The van der Waals surface area contributed by atoms with E-state index >= 15 is 0 Å². The van der Waals surface area contributed by atoms with Crippen LogP contribution in [0.1, 0.15) is 0 Å². The van der Waals surface area contributed by atoms with Crippen LogP contribution >= 0.6 is 104 Å². The number of hydrogen-bond acceptors (Lipinski definition) is 2. The molecule has 0 N–H and O–H groups in total. The highest BCUT2D eigenvalue weighted by atomic mass is 35.5. The Kier molecular flexibility index (Phi) is 7.09. The van der Waals surface area contributed by atoms with Gasteiger partial charge in [-0.2, -0.15) is 0 Å². The van der Waals surface area contributed by atoms with Crippen molar-refractivity contribution in [2.24, 2.45) is 0 Å². The molecule has 130 valence electrons. The largest absolute Gasteiger partial charge is 0.491 e. The summed E-state index contributed by atoms with van der Waals surface area (Å²) >= 11 is 54.4. The summed E-state index contributed by atoms with van der Waals surface area (Å²) in [6.45, 7) is 0. The number of hydrogen-bond donors (Lipinski definition) is 0. The minimum atomic E-state index is -0.104. The van der Waals surface area contributed by atoms with Gasteiger partial charge in [-0.15, -0.1) is 0 Å². The van der Waals surface area contributed by atoms with Gasteiger partial charge in [0, 0.05) is 0 Å². The van der Waals surface area contributed by atoms with Gasteiger partial charge >= 0.3 is 0 Å². The maximum Gasteiger partial charge on any atom is 0.191 e. The molecule has 0 fully saturated rings. The van der Waals surface area contributed by atoms with E-state index < -0.39 is 0 Å². The van der Waals surface area contributed by atoms with Crippen molar-refractivity contribution in [3.05, 3.63) is 45.2 Å². The fourth-order valence-electron chi connectivity index (χ4n) is 1.64. The molecule has 0 radical (unpaired) electrons. The van der Waals surface area contributed by atoms with Crippen LogP contribution in [0.2, 0.25) is 45.2 Å². The highest BCUT2D eigenvalue weighted by Crippen LogP contribution is 2.55. The van der Waals surface area contributed by atoms with E-state index in [1.165, 1.54) is 7.11 Å². The lowest BCUT2D eigenvalue weighted by Gasteiger charge is -2.18. The van der Waals surface area contributed by atoms with Crippen LogP contribution in [-0.2, 0) is 0 Å². The Morgan fingerprint density at radius 1 is 0.417 bits per heavy atom. The van der Waals surface area contributed by atoms with Crippen LogP contribution < -0.4 is 9.47 Å². The maximum absolute atomic E-state index is 6.16. The Hall–Kier alpha value is 0.650. The number of methoxy groups -OCH3 is 1. The molecule has 0 aliphatic rings. The fourth-order valence-corrected chi connectivity index (χ4v) is 3.77. The minimum absolute atomic E-state index is 0.00287. The summed E-state index contributed by atoms with van der Waals surface area (Å²) in [4.78, 5) is 0. The molecular weight excluding hydrogens is 507 g/mol. The van der Waals surface area contributed by atoms with E-state index in [0.717, 1.165) is 0 Å². The van der Waals surface area contributed by atoms with E-state index in [2.05, 4.69) is 0 Å². The van der Waals surface area contributed by atoms with E-state index in [9.17, 15) is 0 Å². The van der Waals surface area contributed by atoms with Crippen molar-refractivity contribution in [2.45, 2.75) is 0 Å². The molecule has 0 heterocycles. The van der Waals surface area contributed by atoms with Crippen LogP contribution in [0.25, 0.3) is 0 Å². The van der Waals surface area contributed by atoms with Crippen molar-refractivity contribution < 1.29 is 9.47 Å². The molecule has 0 bridgehead atoms. The SMILES string of the molecule is COc1c(Cl)c(Cl)c(Cl)c(Cl)c1Oc1c(Cl)c(Cl)c(Cl)c(Cl)c1Cl. The molecule has 0 atom stereocenters. The molecule has 11 heteroatoms. The van der Waals surface area contributed by atoms with Gasteiger partial charge in [-0.1, -0.05) is 104 Å². The molecule has 0 spiro atoms. The quantitative estimate of drug-likeness (QED) is 0.303. The average Bonchev–Trinajstić information content (AvgIpc) is 2.57. The van der Waals surface area contributed by atoms with Crippen LogP contribution in [0.15, 0.2) is 0 Å². The number of ether oxygens (including phenoxy) is 2. The van der Waals surface area contributed by atoms with Gasteiger partial charge in [0.15, 0.2) is 17.2 Å². The predicted octanol–water partition coefficient (Wildman–Crippen LogP) is 9.37. The normalized spacial score (nSPS) is 10.9. The molecule has 0 unspecified atom stereocenters. The van der Waals surface area contributed by atoms with Crippen molar-refractivity contribution in [3.63, 3.8) is 0 Å². The molecule has 2 aromatic carbocycles. The lowest BCUT2D eigenvalue weighted by atomic mass is 10.3. The third-order valence-electron chi connectivity index (χ3n) is 2.76. The van der Waals surface area contributed by atoms with Crippen LogP contribution in [0.3, 0.4) is 0 Å². The predicted molar refractivity (Wildman–Crippen MR) is 105 cm³/mol. The summed E-state index contributed by atoms with van der Waals surface area (Å²) in [5, 5.41) is -0.430. The second-order valence-corrected chi connectivity index (χ2v) is 7.52. The molecule has 0 saturated carbocycles. The Morgan fingerprint density at radius 3 is 1.08 bits per heavy atom. The van der Waals surface area contributed by atoms with Crippen molar-refractivity contribution >= 4 is 104 Å². The summed E-state index contributed by atoms with van der Waals surface area (Å²) < 4.78 is 10.8. The number of halogens is 9. The van der Waals surface area contributed by atoms with Gasteiger partial charge in [-0.05, 0) is 0 Å². The third kappa shape index (κ3) is 3.55. The number of rotatable bonds is 3. The summed E-state index contributed by atoms with van der Waals surface area (Å²) in [5.41, 5.74) is 0. The van der Waals surface area contributed by atoms with Crippen molar-refractivity contribution in [3.8, 4) is 17.2 Å². The molecule has 2 rings (SSSR count). The Bertz CT molecular complexity index is 806. The molecule has 2 nitrogen and oxygen atoms in total. The highest BCUT2D eigenvalue weighted by Gasteiger charge is 2.27. The van der Waals surface area contributed by atoms with Gasteiger partial charge in [-0.3, -0.25) is 0 Å². The summed E-state index contributed by atoms with van der Waals surface area (Å²) in [6, 6.07) is 0. The highest BCUT2D eigenvalue weighted by molar-refractivity contribution is 6.56. The van der Waals surface area contributed by atoms with E-state index in [-0.39, 0.29) is 62.5 Å². The average molecular weight is 510 g/mol. The first-order valence-corrected chi connectivity index (χ1v) is 9.12. The van der Waals surface area contributed by atoms with Gasteiger partial charge < -0.3 is 9.47 Å². The molecule has 0 saturated heterocycles. The monoisotopic (exact) mass is 506 g/mol. The lowest BCUT2D eigenvalue weighted by Crippen LogP contribution is -1.96. The van der Waals surface area contributed by atoms with Crippen LogP contribution in [-0.4, -0.2) is 7.11 Å². The zero-order chi connectivity index (χ0) is 18.3. The minimum Gasteiger partial charge on any atom is -0.491 e. The van der Waals surface area contributed by atoms with Gasteiger partial charge in [0.25, 0.3) is 0 Å². The maximum atomic E-state index is 6.16. The van der Waals surface area contributed by atoms with E-state index in [0.29, 0.717) is 0 Å². The second-order valence-electron chi connectivity index (χ2n) is 4.12.